The van der Waals surface area contributed by atoms with Gasteiger partial charge in [0.2, 0.25) is 0 Å². The van der Waals surface area contributed by atoms with Gasteiger partial charge in [-0.3, -0.25) is 0 Å². The molecule has 1 atom stereocenters. The maximum atomic E-state index is 4.20. The summed E-state index contributed by atoms with van der Waals surface area (Å²) in [5.41, 5.74) is 0. The third-order valence-corrected chi connectivity index (χ3v) is 4.43. The zero-order valence-corrected chi connectivity index (χ0v) is 11.8. The number of nitrogens with one attached hydrogen (secondary N) is 1. The van der Waals surface area contributed by atoms with Crippen molar-refractivity contribution >= 4 is 11.8 Å². The SMILES string of the molecule is CCCNC(CSc1nnc(C)n1C)C1CC1. The van der Waals surface area contributed by atoms with Gasteiger partial charge in [-0.05, 0) is 38.6 Å². The summed E-state index contributed by atoms with van der Waals surface area (Å²) in [6.45, 7) is 5.33. The summed E-state index contributed by atoms with van der Waals surface area (Å²) in [4.78, 5) is 0. The largest absolute Gasteiger partial charge is 0.313 e. The first-order chi connectivity index (χ1) is 8.22. The molecule has 0 saturated heterocycles. The molecule has 1 N–H and O–H groups in total. The normalized spacial score (nSPS) is 17.4. The van der Waals surface area contributed by atoms with Crippen molar-refractivity contribution in [3.8, 4) is 0 Å². The molecule has 1 heterocycles. The molecule has 1 aromatic heterocycles. The summed E-state index contributed by atoms with van der Waals surface area (Å²) in [6.07, 6.45) is 3.98. The molecule has 5 heteroatoms. The highest BCUT2D eigenvalue weighted by Crippen LogP contribution is 2.34. The minimum Gasteiger partial charge on any atom is -0.313 e. The van der Waals surface area contributed by atoms with Crippen LogP contribution in [0.25, 0.3) is 0 Å². The molecule has 1 fully saturated rings. The Morgan fingerprint density at radius 2 is 2.24 bits per heavy atom. The number of rotatable bonds is 7. The monoisotopic (exact) mass is 254 g/mol. The highest BCUT2D eigenvalue weighted by Gasteiger charge is 2.30. The van der Waals surface area contributed by atoms with Crippen LogP contribution >= 0.6 is 11.8 Å². The molecule has 0 bridgehead atoms. The van der Waals surface area contributed by atoms with Crippen molar-refractivity contribution in [1.29, 1.82) is 0 Å². The Morgan fingerprint density at radius 3 is 2.76 bits per heavy atom. The second kappa shape index (κ2) is 5.87. The molecule has 0 spiro atoms. The van der Waals surface area contributed by atoms with E-state index in [-0.39, 0.29) is 0 Å². The molecule has 2 rings (SSSR count). The molecule has 96 valence electrons. The number of hydrogen-bond acceptors (Lipinski definition) is 4. The van der Waals surface area contributed by atoms with E-state index >= 15 is 0 Å². The Morgan fingerprint density at radius 1 is 1.47 bits per heavy atom. The first-order valence-electron chi connectivity index (χ1n) is 6.44. The van der Waals surface area contributed by atoms with Gasteiger partial charge in [-0.1, -0.05) is 18.7 Å². The van der Waals surface area contributed by atoms with Gasteiger partial charge in [-0.15, -0.1) is 10.2 Å². The van der Waals surface area contributed by atoms with Crippen LogP contribution in [0.15, 0.2) is 5.16 Å². The van der Waals surface area contributed by atoms with E-state index in [9.17, 15) is 0 Å². The number of nitrogens with zero attached hydrogens (tertiary/aromatic N) is 3. The first-order valence-corrected chi connectivity index (χ1v) is 7.43. The van der Waals surface area contributed by atoms with Crippen LogP contribution in [0.1, 0.15) is 32.0 Å². The molecule has 0 radical (unpaired) electrons. The summed E-state index contributed by atoms with van der Waals surface area (Å²) in [5, 5.41) is 13.0. The minimum atomic E-state index is 0.650. The average molecular weight is 254 g/mol. The lowest BCUT2D eigenvalue weighted by Crippen LogP contribution is -2.34. The topological polar surface area (TPSA) is 42.7 Å². The van der Waals surface area contributed by atoms with Crippen LogP contribution < -0.4 is 5.32 Å². The van der Waals surface area contributed by atoms with Crippen molar-refractivity contribution in [2.75, 3.05) is 12.3 Å². The Kier molecular flexibility index (Phi) is 4.45. The van der Waals surface area contributed by atoms with Gasteiger partial charge >= 0.3 is 0 Å². The van der Waals surface area contributed by atoms with Crippen molar-refractivity contribution in [1.82, 2.24) is 20.1 Å². The van der Waals surface area contributed by atoms with Gasteiger partial charge in [-0.25, -0.2) is 0 Å². The standard InChI is InChI=1S/C12H22N4S/c1-4-7-13-11(10-5-6-10)8-17-12-15-14-9(2)16(12)3/h10-11,13H,4-8H2,1-3H3. The molecule has 0 amide bonds. The van der Waals surface area contributed by atoms with Gasteiger partial charge < -0.3 is 9.88 Å². The van der Waals surface area contributed by atoms with E-state index in [0.717, 1.165) is 29.2 Å². The van der Waals surface area contributed by atoms with E-state index in [1.54, 1.807) is 0 Å². The second-order valence-corrected chi connectivity index (χ2v) is 5.79. The summed E-state index contributed by atoms with van der Waals surface area (Å²) in [6, 6.07) is 0.650. The molecule has 1 unspecified atom stereocenters. The van der Waals surface area contributed by atoms with Gasteiger partial charge in [0.25, 0.3) is 0 Å². The lowest BCUT2D eigenvalue weighted by Gasteiger charge is -2.16. The third kappa shape index (κ3) is 3.45. The predicted octanol–water partition coefficient (Wildman–Crippen LogP) is 1.99. The minimum absolute atomic E-state index is 0.650. The van der Waals surface area contributed by atoms with E-state index in [1.165, 1.54) is 19.3 Å². The van der Waals surface area contributed by atoms with Crippen LogP contribution in [-0.4, -0.2) is 33.1 Å². The first kappa shape index (κ1) is 12.9. The molecule has 1 saturated carbocycles. The van der Waals surface area contributed by atoms with Crippen LogP contribution in [0.5, 0.6) is 0 Å². The van der Waals surface area contributed by atoms with Crippen molar-refractivity contribution in [3.05, 3.63) is 5.82 Å². The quantitative estimate of drug-likeness (QED) is 0.756. The van der Waals surface area contributed by atoms with E-state index in [4.69, 9.17) is 0 Å². The van der Waals surface area contributed by atoms with Gasteiger partial charge in [0, 0.05) is 18.8 Å². The van der Waals surface area contributed by atoms with Gasteiger partial charge in [0.15, 0.2) is 5.16 Å². The number of hydrogen-bond donors (Lipinski definition) is 1. The Labute approximate surface area is 108 Å². The lowest BCUT2D eigenvalue weighted by molar-refractivity contribution is 0.502. The Bertz CT molecular complexity index is 359. The summed E-state index contributed by atoms with van der Waals surface area (Å²) in [7, 11) is 2.03. The molecule has 0 aromatic carbocycles. The zero-order valence-electron chi connectivity index (χ0n) is 10.9. The molecular formula is C12H22N4S. The summed E-state index contributed by atoms with van der Waals surface area (Å²) in [5.74, 6) is 2.98. The van der Waals surface area contributed by atoms with E-state index in [0.29, 0.717) is 6.04 Å². The number of thioether (sulfide) groups is 1. The zero-order chi connectivity index (χ0) is 12.3. The van der Waals surface area contributed by atoms with Crippen molar-refractivity contribution in [2.45, 2.75) is 44.3 Å². The fourth-order valence-electron chi connectivity index (χ4n) is 1.87. The highest BCUT2D eigenvalue weighted by atomic mass is 32.2. The van der Waals surface area contributed by atoms with Crippen molar-refractivity contribution in [2.24, 2.45) is 13.0 Å². The van der Waals surface area contributed by atoms with Crippen LogP contribution in [-0.2, 0) is 7.05 Å². The Hall–Kier alpha value is -0.550. The smallest absolute Gasteiger partial charge is 0.190 e. The Balaban J connectivity index is 1.84. The van der Waals surface area contributed by atoms with Crippen LogP contribution in [0.3, 0.4) is 0 Å². The molecule has 17 heavy (non-hydrogen) atoms. The summed E-state index contributed by atoms with van der Waals surface area (Å²) >= 11 is 1.82. The lowest BCUT2D eigenvalue weighted by atomic mass is 10.2. The molecule has 0 aliphatic heterocycles. The van der Waals surface area contributed by atoms with Crippen molar-refractivity contribution in [3.63, 3.8) is 0 Å². The van der Waals surface area contributed by atoms with E-state index in [2.05, 4.69) is 27.0 Å². The van der Waals surface area contributed by atoms with Gasteiger partial charge in [0.05, 0.1) is 0 Å². The molecule has 1 aliphatic rings. The van der Waals surface area contributed by atoms with Gasteiger partial charge in [0.1, 0.15) is 5.82 Å². The highest BCUT2D eigenvalue weighted by molar-refractivity contribution is 7.99. The van der Waals surface area contributed by atoms with Crippen molar-refractivity contribution < 1.29 is 0 Å². The second-order valence-electron chi connectivity index (χ2n) is 4.80. The number of aryl methyl sites for hydroxylation is 1. The third-order valence-electron chi connectivity index (χ3n) is 3.29. The van der Waals surface area contributed by atoms with Crippen LogP contribution in [0.2, 0.25) is 0 Å². The van der Waals surface area contributed by atoms with Crippen LogP contribution in [0.4, 0.5) is 0 Å². The molecule has 1 aromatic rings. The average Bonchev–Trinajstić information content (AvgIpc) is 3.11. The summed E-state index contributed by atoms with van der Waals surface area (Å²) < 4.78 is 2.06. The molecule has 1 aliphatic carbocycles. The molecular weight excluding hydrogens is 232 g/mol. The van der Waals surface area contributed by atoms with Crippen LogP contribution in [0, 0.1) is 12.8 Å². The number of aromatic nitrogens is 3. The molecule has 4 nitrogen and oxygen atoms in total. The maximum absolute atomic E-state index is 4.20. The fourth-order valence-corrected chi connectivity index (χ4v) is 3.01. The fraction of sp³-hybridized carbons (Fsp3) is 0.833. The predicted molar refractivity (Wildman–Crippen MR) is 71.3 cm³/mol. The van der Waals surface area contributed by atoms with Gasteiger partial charge in [-0.2, -0.15) is 0 Å². The van der Waals surface area contributed by atoms with E-state index in [1.807, 2.05) is 25.7 Å². The maximum Gasteiger partial charge on any atom is 0.190 e. The van der Waals surface area contributed by atoms with E-state index < -0.39 is 0 Å².